The molecule has 0 fully saturated rings. The lowest BCUT2D eigenvalue weighted by atomic mass is 9.82. The molecular formula is C19H15F3O2. The highest BCUT2D eigenvalue weighted by Crippen LogP contribution is 2.39. The van der Waals surface area contributed by atoms with Crippen LogP contribution in [0.1, 0.15) is 28.7 Å². The van der Waals surface area contributed by atoms with E-state index in [0.717, 1.165) is 29.5 Å². The van der Waals surface area contributed by atoms with Crippen LogP contribution in [0.15, 0.2) is 48.0 Å². The van der Waals surface area contributed by atoms with Crippen molar-refractivity contribution in [3.05, 3.63) is 70.3 Å². The van der Waals surface area contributed by atoms with Crippen LogP contribution in [0.4, 0.5) is 13.2 Å². The molecule has 2 nitrogen and oxygen atoms in total. The molecule has 0 bridgehead atoms. The molecule has 3 rings (SSSR count). The highest BCUT2D eigenvalue weighted by molar-refractivity contribution is 5.96. The van der Waals surface area contributed by atoms with Gasteiger partial charge in [0.15, 0.2) is 0 Å². The first kappa shape index (κ1) is 16.3. The molecule has 1 aliphatic carbocycles. The van der Waals surface area contributed by atoms with Crippen LogP contribution in [0.25, 0.3) is 5.57 Å². The van der Waals surface area contributed by atoms with Gasteiger partial charge in [-0.2, -0.15) is 13.2 Å². The molecule has 0 amide bonds. The first-order valence-electron chi connectivity index (χ1n) is 7.47. The van der Waals surface area contributed by atoms with Crippen molar-refractivity contribution in [2.45, 2.75) is 19.0 Å². The zero-order valence-electron chi connectivity index (χ0n) is 13.0. The second kappa shape index (κ2) is 6.15. The summed E-state index contributed by atoms with van der Waals surface area (Å²) in [5.41, 5.74) is 2.51. The lowest BCUT2D eigenvalue weighted by Gasteiger charge is -2.22. The van der Waals surface area contributed by atoms with Gasteiger partial charge < -0.3 is 4.74 Å². The number of rotatable bonds is 3. The first-order chi connectivity index (χ1) is 11.4. The average Bonchev–Trinajstić information content (AvgIpc) is 2.59. The second-order valence-corrected chi connectivity index (χ2v) is 5.62. The molecule has 2 aromatic carbocycles. The van der Waals surface area contributed by atoms with Gasteiger partial charge in [-0.25, -0.2) is 0 Å². The number of benzene rings is 2. The predicted molar refractivity (Wildman–Crippen MR) is 84.8 cm³/mol. The Labute approximate surface area is 137 Å². The number of carbonyl (C=O) groups excluding carboxylic acids is 1. The number of methoxy groups -OCH3 is 1. The fraction of sp³-hybridized carbons (Fsp3) is 0.211. The van der Waals surface area contributed by atoms with Crippen molar-refractivity contribution in [3.63, 3.8) is 0 Å². The Kier molecular flexibility index (Phi) is 4.18. The van der Waals surface area contributed by atoms with Crippen molar-refractivity contribution < 1.29 is 22.7 Å². The summed E-state index contributed by atoms with van der Waals surface area (Å²) in [6.07, 6.45) is -2.53. The van der Waals surface area contributed by atoms with Gasteiger partial charge in [0.1, 0.15) is 12.0 Å². The molecule has 0 radical (unpaired) electrons. The number of allylic oxidation sites excluding steroid dienone is 1. The van der Waals surface area contributed by atoms with Crippen LogP contribution in [-0.2, 0) is 17.4 Å². The lowest BCUT2D eigenvalue weighted by Crippen LogP contribution is -2.09. The molecule has 0 saturated heterocycles. The molecule has 0 aromatic heterocycles. The molecule has 0 aliphatic heterocycles. The number of aldehydes is 1. The van der Waals surface area contributed by atoms with E-state index in [0.29, 0.717) is 35.3 Å². The molecule has 2 aromatic rings. The van der Waals surface area contributed by atoms with Gasteiger partial charge >= 0.3 is 6.18 Å². The summed E-state index contributed by atoms with van der Waals surface area (Å²) in [5, 5.41) is 0. The zero-order valence-corrected chi connectivity index (χ0v) is 13.0. The van der Waals surface area contributed by atoms with Crippen molar-refractivity contribution in [2.24, 2.45) is 0 Å². The van der Waals surface area contributed by atoms with E-state index in [4.69, 9.17) is 4.74 Å². The van der Waals surface area contributed by atoms with Crippen molar-refractivity contribution in [2.75, 3.05) is 7.11 Å². The molecule has 0 atom stereocenters. The van der Waals surface area contributed by atoms with Crippen LogP contribution in [-0.4, -0.2) is 13.4 Å². The Morgan fingerprint density at radius 3 is 2.54 bits per heavy atom. The van der Waals surface area contributed by atoms with Crippen LogP contribution in [0.5, 0.6) is 5.75 Å². The number of fused-ring (bicyclic) bond motifs is 1. The van der Waals surface area contributed by atoms with Gasteiger partial charge in [0.25, 0.3) is 0 Å². The van der Waals surface area contributed by atoms with Crippen molar-refractivity contribution in [3.8, 4) is 5.75 Å². The third-order valence-electron chi connectivity index (χ3n) is 4.19. The molecule has 0 saturated carbocycles. The van der Waals surface area contributed by atoms with Crippen LogP contribution in [0.2, 0.25) is 0 Å². The summed E-state index contributed by atoms with van der Waals surface area (Å²) >= 11 is 0. The quantitative estimate of drug-likeness (QED) is 0.764. The molecule has 124 valence electrons. The van der Waals surface area contributed by atoms with E-state index >= 15 is 0 Å². The average molecular weight is 332 g/mol. The van der Waals surface area contributed by atoms with Crippen LogP contribution in [0.3, 0.4) is 0 Å². The third kappa shape index (κ3) is 2.94. The van der Waals surface area contributed by atoms with E-state index in [1.54, 1.807) is 25.3 Å². The van der Waals surface area contributed by atoms with Gasteiger partial charge in [0.05, 0.1) is 12.7 Å². The van der Waals surface area contributed by atoms with Crippen LogP contribution < -0.4 is 4.74 Å². The van der Waals surface area contributed by atoms with E-state index < -0.39 is 11.7 Å². The van der Waals surface area contributed by atoms with Crippen molar-refractivity contribution in [1.82, 2.24) is 0 Å². The van der Waals surface area contributed by atoms with E-state index in [1.165, 1.54) is 6.07 Å². The number of hydrogen-bond acceptors (Lipinski definition) is 2. The molecule has 0 unspecified atom stereocenters. The number of aryl methyl sites for hydroxylation is 1. The van der Waals surface area contributed by atoms with E-state index in [1.807, 2.05) is 6.07 Å². The highest BCUT2D eigenvalue weighted by Gasteiger charge is 2.31. The van der Waals surface area contributed by atoms with Gasteiger partial charge in [-0.15, -0.1) is 0 Å². The topological polar surface area (TPSA) is 26.3 Å². The number of ether oxygens (including phenoxy) is 1. The first-order valence-corrected chi connectivity index (χ1v) is 7.47. The van der Waals surface area contributed by atoms with Crippen molar-refractivity contribution in [1.29, 1.82) is 0 Å². The lowest BCUT2D eigenvalue weighted by molar-refractivity contribution is -0.137. The number of alkyl halides is 3. The Morgan fingerprint density at radius 1 is 1.08 bits per heavy atom. The van der Waals surface area contributed by atoms with E-state index in [9.17, 15) is 18.0 Å². The molecule has 1 aliphatic rings. The number of halogens is 3. The van der Waals surface area contributed by atoms with Crippen LogP contribution >= 0.6 is 0 Å². The summed E-state index contributed by atoms with van der Waals surface area (Å²) in [6.45, 7) is 0. The maximum atomic E-state index is 13.0. The van der Waals surface area contributed by atoms with Crippen molar-refractivity contribution >= 4 is 11.9 Å². The largest absolute Gasteiger partial charge is 0.497 e. The minimum atomic E-state index is -4.42. The summed E-state index contributed by atoms with van der Waals surface area (Å²) < 4.78 is 44.2. The zero-order chi connectivity index (χ0) is 17.3. The fourth-order valence-corrected chi connectivity index (χ4v) is 3.02. The Hall–Kier alpha value is -2.56. The third-order valence-corrected chi connectivity index (χ3v) is 4.19. The normalized spacial score (nSPS) is 14.3. The number of carbonyl (C=O) groups is 1. The Morgan fingerprint density at radius 2 is 1.88 bits per heavy atom. The molecule has 0 N–H and O–H groups in total. The standard InChI is InChI=1S/C19H15F3O2/c1-24-16-7-8-17-12(10-16)5-6-14(11-23)18(17)13-3-2-4-15(9-13)19(20,21)22/h2-4,7-11H,5-6H2,1H3. The second-order valence-electron chi connectivity index (χ2n) is 5.62. The Balaban J connectivity index is 2.18. The maximum Gasteiger partial charge on any atom is 0.416 e. The Bertz CT molecular complexity index is 820. The van der Waals surface area contributed by atoms with Crippen LogP contribution in [0, 0.1) is 0 Å². The number of hydrogen-bond donors (Lipinski definition) is 0. The van der Waals surface area contributed by atoms with Gasteiger partial charge in [0, 0.05) is 5.57 Å². The minimum absolute atomic E-state index is 0.401. The van der Waals surface area contributed by atoms with Gasteiger partial charge in [0.2, 0.25) is 0 Å². The maximum absolute atomic E-state index is 13.0. The van der Waals surface area contributed by atoms with Gasteiger partial charge in [-0.05, 0) is 59.4 Å². The molecule has 24 heavy (non-hydrogen) atoms. The minimum Gasteiger partial charge on any atom is -0.497 e. The van der Waals surface area contributed by atoms with Gasteiger partial charge in [-0.1, -0.05) is 18.2 Å². The predicted octanol–water partition coefficient (Wildman–Crippen LogP) is 4.66. The van der Waals surface area contributed by atoms with E-state index in [-0.39, 0.29) is 0 Å². The molecular weight excluding hydrogens is 317 g/mol. The summed E-state index contributed by atoms with van der Waals surface area (Å²) in [7, 11) is 1.56. The molecule has 0 heterocycles. The fourth-order valence-electron chi connectivity index (χ4n) is 3.02. The summed E-state index contributed by atoms with van der Waals surface area (Å²) in [5.74, 6) is 0.687. The highest BCUT2D eigenvalue weighted by atomic mass is 19.4. The smallest absolute Gasteiger partial charge is 0.416 e. The molecule has 5 heteroatoms. The van der Waals surface area contributed by atoms with Gasteiger partial charge in [-0.3, -0.25) is 4.79 Å². The molecule has 0 spiro atoms. The summed E-state index contributed by atoms with van der Waals surface area (Å²) in [6, 6.07) is 10.5. The summed E-state index contributed by atoms with van der Waals surface area (Å²) in [4.78, 5) is 11.5. The SMILES string of the molecule is COc1ccc2c(c1)CCC(C=O)=C2c1cccc(C(F)(F)F)c1. The monoisotopic (exact) mass is 332 g/mol. The van der Waals surface area contributed by atoms with E-state index in [2.05, 4.69) is 0 Å².